The molecule has 84 valence electrons. The summed E-state index contributed by atoms with van der Waals surface area (Å²) in [5.41, 5.74) is 0. The summed E-state index contributed by atoms with van der Waals surface area (Å²) in [6.45, 7) is 2.97. The van der Waals surface area contributed by atoms with Crippen LogP contribution in [0.15, 0.2) is 0 Å². The predicted octanol–water partition coefficient (Wildman–Crippen LogP) is -1.08. The van der Waals surface area contributed by atoms with Gasteiger partial charge in [0, 0.05) is 26.1 Å². The third-order valence-corrected chi connectivity index (χ3v) is 2.60. The number of urea groups is 1. The molecule has 15 heavy (non-hydrogen) atoms. The monoisotopic (exact) mass is 213 g/mol. The van der Waals surface area contributed by atoms with E-state index in [1.54, 1.807) is 4.90 Å². The highest BCUT2D eigenvalue weighted by atomic mass is 16.5. The predicted molar refractivity (Wildman–Crippen MR) is 52.3 cm³/mol. The molecule has 0 aromatic carbocycles. The van der Waals surface area contributed by atoms with Gasteiger partial charge in [0.05, 0.1) is 19.3 Å². The number of morpholine rings is 1. The minimum Gasteiger partial charge on any atom is -0.378 e. The van der Waals surface area contributed by atoms with Crippen LogP contribution < -0.4 is 10.6 Å². The first kappa shape index (κ1) is 10.2. The number of amides is 3. The molecule has 2 saturated heterocycles. The molecule has 2 fully saturated rings. The first-order valence-corrected chi connectivity index (χ1v) is 5.15. The Balaban J connectivity index is 1.78. The molecule has 2 aliphatic heterocycles. The molecule has 0 bridgehead atoms. The van der Waals surface area contributed by atoms with Gasteiger partial charge < -0.3 is 20.3 Å². The zero-order valence-corrected chi connectivity index (χ0v) is 8.49. The lowest BCUT2D eigenvalue weighted by Gasteiger charge is -2.28. The zero-order valence-electron chi connectivity index (χ0n) is 8.49. The smallest absolute Gasteiger partial charge is 0.317 e. The van der Waals surface area contributed by atoms with Crippen LogP contribution in [-0.4, -0.2) is 55.7 Å². The Morgan fingerprint density at radius 3 is 2.80 bits per heavy atom. The minimum absolute atomic E-state index is 0.00211. The summed E-state index contributed by atoms with van der Waals surface area (Å²) in [6, 6.07) is -0.160. The Bertz CT molecular complexity index is 263. The summed E-state index contributed by atoms with van der Waals surface area (Å²) in [4.78, 5) is 24.3. The summed E-state index contributed by atoms with van der Waals surface area (Å²) in [6.07, 6.45) is 0.385. The van der Waals surface area contributed by atoms with Crippen LogP contribution in [0.5, 0.6) is 0 Å². The molecule has 3 amide bonds. The van der Waals surface area contributed by atoms with Crippen molar-refractivity contribution in [1.82, 2.24) is 15.5 Å². The van der Waals surface area contributed by atoms with Gasteiger partial charge in [-0.15, -0.1) is 0 Å². The van der Waals surface area contributed by atoms with Crippen LogP contribution in [0.25, 0.3) is 0 Å². The van der Waals surface area contributed by atoms with Gasteiger partial charge in [0.1, 0.15) is 0 Å². The van der Waals surface area contributed by atoms with Crippen molar-refractivity contribution in [2.45, 2.75) is 12.5 Å². The van der Waals surface area contributed by atoms with Crippen molar-refractivity contribution in [3.8, 4) is 0 Å². The molecule has 0 aromatic rings. The second-order valence-corrected chi connectivity index (χ2v) is 3.75. The molecule has 0 radical (unpaired) electrons. The van der Waals surface area contributed by atoms with Gasteiger partial charge in [-0.1, -0.05) is 0 Å². The van der Waals surface area contributed by atoms with Crippen LogP contribution in [0.3, 0.4) is 0 Å². The number of carbonyl (C=O) groups is 2. The molecule has 2 heterocycles. The molecule has 2 rings (SSSR count). The lowest BCUT2D eigenvalue weighted by atomic mass is 10.2. The molecular weight excluding hydrogens is 198 g/mol. The number of nitrogens with one attached hydrogen (secondary N) is 2. The first-order chi connectivity index (χ1) is 7.25. The Morgan fingerprint density at radius 1 is 1.47 bits per heavy atom. The molecule has 1 unspecified atom stereocenters. The van der Waals surface area contributed by atoms with Crippen molar-refractivity contribution in [2.75, 3.05) is 32.8 Å². The molecule has 6 heteroatoms. The fourth-order valence-electron chi connectivity index (χ4n) is 1.74. The normalized spacial score (nSPS) is 26.3. The summed E-state index contributed by atoms with van der Waals surface area (Å²) in [7, 11) is 0. The van der Waals surface area contributed by atoms with E-state index in [2.05, 4.69) is 10.6 Å². The van der Waals surface area contributed by atoms with Crippen molar-refractivity contribution in [3.63, 3.8) is 0 Å². The van der Waals surface area contributed by atoms with E-state index in [0.717, 1.165) is 0 Å². The van der Waals surface area contributed by atoms with Crippen LogP contribution in [0.4, 0.5) is 4.79 Å². The van der Waals surface area contributed by atoms with Crippen molar-refractivity contribution in [1.29, 1.82) is 0 Å². The van der Waals surface area contributed by atoms with Crippen LogP contribution >= 0.6 is 0 Å². The quantitative estimate of drug-likeness (QED) is 0.582. The van der Waals surface area contributed by atoms with E-state index in [4.69, 9.17) is 4.74 Å². The molecule has 0 aromatic heterocycles. The SMILES string of the molecule is O=C1CC(NC(=O)N2CCOCC2)CN1. The topological polar surface area (TPSA) is 70.7 Å². The van der Waals surface area contributed by atoms with Gasteiger partial charge in [-0.05, 0) is 0 Å². The summed E-state index contributed by atoms with van der Waals surface area (Å²) in [5, 5.41) is 5.51. The van der Waals surface area contributed by atoms with E-state index in [1.165, 1.54) is 0 Å². The van der Waals surface area contributed by atoms with E-state index in [-0.39, 0.29) is 18.0 Å². The standard InChI is InChI=1S/C9H15N3O3/c13-8-5-7(6-10-8)11-9(14)12-1-3-15-4-2-12/h7H,1-6H2,(H,10,13)(H,11,14). The number of nitrogens with zero attached hydrogens (tertiary/aromatic N) is 1. The fourth-order valence-corrected chi connectivity index (χ4v) is 1.74. The van der Waals surface area contributed by atoms with E-state index < -0.39 is 0 Å². The summed E-state index contributed by atoms with van der Waals surface area (Å²) < 4.78 is 5.15. The van der Waals surface area contributed by atoms with Gasteiger partial charge in [-0.25, -0.2) is 4.79 Å². The summed E-state index contributed by atoms with van der Waals surface area (Å²) in [5.74, 6) is 0.00211. The lowest BCUT2D eigenvalue weighted by Crippen LogP contribution is -2.49. The Morgan fingerprint density at radius 2 is 2.20 bits per heavy atom. The molecule has 0 spiro atoms. The zero-order chi connectivity index (χ0) is 10.7. The Hall–Kier alpha value is -1.30. The van der Waals surface area contributed by atoms with Gasteiger partial charge in [-0.3, -0.25) is 4.79 Å². The van der Waals surface area contributed by atoms with E-state index in [0.29, 0.717) is 39.3 Å². The minimum atomic E-state index is -0.0974. The molecule has 1 atom stereocenters. The Labute approximate surface area is 87.9 Å². The maximum atomic E-state index is 11.7. The third kappa shape index (κ3) is 2.59. The molecule has 0 saturated carbocycles. The number of carbonyl (C=O) groups excluding carboxylic acids is 2. The largest absolute Gasteiger partial charge is 0.378 e. The van der Waals surface area contributed by atoms with Gasteiger partial charge in [-0.2, -0.15) is 0 Å². The average Bonchev–Trinajstić information content (AvgIpc) is 2.65. The molecule has 0 aliphatic carbocycles. The maximum Gasteiger partial charge on any atom is 0.317 e. The van der Waals surface area contributed by atoms with Crippen molar-refractivity contribution in [3.05, 3.63) is 0 Å². The number of hydrogen-bond donors (Lipinski definition) is 2. The average molecular weight is 213 g/mol. The highest BCUT2D eigenvalue weighted by molar-refractivity contribution is 5.81. The van der Waals surface area contributed by atoms with E-state index in [9.17, 15) is 9.59 Å². The highest BCUT2D eigenvalue weighted by Crippen LogP contribution is 2.02. The molecule has 2 aliphatic rings. The van der Waals surface area contributed by atoms with E-state index >= 15 is 0 Å². The van der Waals surface area contributed by atoms with Crippen LogP contribution in [0.2, 0.25) is 0 Å². The van der Waals surface area contributed by atoms with Gasteiger partial charge >= 0.3 is 6.03 Å². The van der Waals surface area contributed by atoms with Gasteiger partial charge in [0.25, 0.3) is 0 Å². The second-order valence-electron chi connectivity index (χ2n) is 3.75. The first-order valence-electron chi connectivity index (χ1n) is 5.15. The van der Waals surface area contributed by atoms with Crippen molar-refractivity contribution >= 4 is 11.9 Å². The lowest BCUT2D eigenvalue weighted by molar-refractivity contribution is -0.119. The van der Waals surface area contributed by atoms with Crippen LogP contribution in [0, 0.1) is 0 Å². The number of ether oxygens (including phenoxy) is 1. The summed E-state index contributed by atoms with van der Waals surface area (Å²) >= 11 is 0. The molecule has 2 N–H and O–H groups in total. The van der Waals surface area contributed by atoms with Gasteiger partial charge in [0.2, 0.25) is 5.91 Å². The van der Waals surface area contributed by atoms with Crippen molar-refractivity contribution in [2.24, 2.45) is 0 Å². The highest BCUT2D eigenvalue weighted by Gasteiger charge is 2.25. The fraction of sp³-hybridized carbons (Fsp3) is 0.778. The number of hydrogen-bond acceptors (Lipinski definition) is 3. The maximum absolute atomic E-state index is 11.7. The Kier molecular flexibility index (Phi) is 3.05. The van der Waals surface area contributed by atoms with Gasteiger partial charge in [0.15, 0.2) is 0 Å². The second kappa shape index (κ2) is 4.48. The third-order valence-electron chi connectivity index (χ3n) is 2.60. The van der Waals surface area contributed by atoms with Crippen LogP contribution in [0.1, 0.15) is 6.42 Å². The molecular formula is C9H15N3O3. The molecule has 6 nitrogen and oxygen atoms in total. The van der Waals surface area contributed by atoms with E-state index in [1.807, 2.05) is 0 Å². The van der Waals surface area contributed by atoms with Crippen LogP contribution in [-0.2, 0) is 9.53 Å². The number of rotatable bonds is 1. The van der Waals surface area contributed by atoms with Crippen molar-refractivity contribution < 1.29 is 14.3 Å².